The summed E-state index contributed by atoms with van der Waals surface area (Å²) in [6, 6.07) is 5.27. The molecule has 1 rings (SSSR count). The Kier molecular flexibility index (Phi) is 3.27. The smallest absolute Gasteiger partial charge is 0.126 e. The van der Waals surface area contributed by atoms with Crippen LogP contribution in [0.5, 0.6) is 0 Å². The zero-order chi connectivity index (χ0) is 8.97. The summed E-state index contributed by atoms with van der Waals surface area (Å²) in [4.78, 5) is 0. The third kappa shape index (κ3) is 2.07. The van der Waals surface area contributed by atoms with Crippen molar-refractivity contribution >= 4 is 0 Å². The van der Waals surface area contributed by atoms with Crippen molar-refractivity contribution in [2.24, 2.45) is 0 Å². The average Bonchev–Trinajstić information content (AvgIpc) is 2.04. The Balaban J connectivity index is 2.81. The van der Waals surface area contributed by atoms with Crippen molar-refractivity contribution in [3.63, 3.8) is 0 Å². The highest BCUT2D eigenvalue weighted by Crippen LogP contribution is 2.14. The third-order valence-corrected chi connectivity index (χ3v) is 2.13. The molecule has 0 heterocycles. The molecule has 0 bridgehead atoms. The standard InChI is InChI=1S/C11H15F/c1-3-4-7-10-9(2)6-5-8-11(10)12/h5-6,8H,3-4,7H2,1-2H3. The predicted octanol–water partition coefficient (Wildman–Crippen LogP) is 3.48. The minimum Gasteiger partial charge on any atom is -0.207 e. The second-order valence-electron chi connectivity index (χ2n) is 3.14. The zero-order valence-corrected chi connectivity index (χ0v) is 7.73. The van der Waals surface area contributed by atoms with Gasteiger partial charge in [-0.1, -0.05) is 25.5 Å². The highest BCUT2D eigenvalue weighted by Gasteiger charge is 2.03. The van der Waals surface area contributed by atoms with Gasteiger partial charge in [0, 0.05) is 0 Å². The second kappa shape index (κ2) is 4.24. The van der Waals surface area contributed by atoms with Gasteiger partial charge in [0.15, 0.2) is 0 Å². The van der Waals surface area contributed by atoms with Crippen LogP contribution < -0.4 is 0 Å². The SMILES string of the molecule is CCCCc1c(C)cccc1F. The molecule has 0 aliphatic rings. The molecule has 1 aromatic carbocycles. The van der Waals surface area contributed by atoms with Crippen LogP contribution in [0.1, 0.15) is 30.9 Å². The molecule has 1 aromatic rings. The van der Waals surface area contributed by atoms with Crippen molar-refractivity contribution in [3.05, 3.63) is 35.1 Å². The van der Waals surface area contributed by atoms with Gasteiger partial charge in [0.2, 0.25) is 0 Å². The lowest BCUT2D eigenvalue weighted by Gasteiger charge is -2.05. The van der Waals surface area contributed by atoms with Crippen LogP contribution in [0.15, 0.2) is 18.2 Å². The first-order valence-electron chi connectivity index (χ1n) is 4.49. The summed E-state index contributed by atoms with van der Waals surface area (Å²) in [5, 5.41) is 0. The van der Waals surface area contributed by atoms with Gasteiger partial charge in [0.05, 0.1) is 0 Å². The molecule has 0 aliphatic heterocycles. The molecule has 0 fully saturated rings. The first-order chi connectivity index (χ1) is 5.75. The van der Waals surface area contributed by atoms with Crippen LogP contribution in [0.2, 0.25) is 0 Å². The molecular weight excluding hydrogens is 151 g/mol. The zero-order valence-electron chi connectivity index (χ0n) is 7.73. The van der Waals surface area contributed by atoms with Gasteiger partial charge in [0.25, 0.3) is 0 Å². The van der Waals surface area contributed by atoms with Crippen molar-refractivity contribution in [1.29, 1.82) is 0 Å². The monoisotopic (exact) mass is 166 g/mol. The molecule has 0 amide bonds. The summed E-state index contributed by atoms with van der Waals surface area (Å²) in [6.07, 6.45) is 3.06. The number of halogens is 1. The summed E-state index contributed by atoms with van der Waals surface area (Å²) in [5.74, 6) is -0.0524. The van der Waals surface area contributed by atoms with Crippen molar-refractivity contribution in [3.8, 4) is 0 Å². The number of hydrogen-bond donors (Lipinski definition) is 0. The molecule has 0 aliphatic carbocycles. The second-order valence-corrected chi connectivity index (χ2v) is 3.14. The van der Waals surface area contributed by atoms with E-state index in [1.807, 2.05) is 13.0 Å². The lowest BCUT2D eigenvalue weighted by molar-refractivity contribution is 0.601. The van der Waals surface area contributed by atoms with Crippen LogP contribution in [0.25, 0.3) is 0 Å². The molecule has 0 aromatic heterocycles. The maximum Gasteiger partial charge on any atom is 0.126 e. The van der Waals surface area contributed by atoms with Crippen LogP contribution in [0, 0.1) is 12.7 Å². The minimum atomic E-state index is -0.0524. The van der Waals surface area contributed by atoms with Crippen LogP contribution in [-0.4, -0.2) is 0 Å². The molecule has 0 saturated carbocycles. The van der Waals surface area contributed by atoms with Gasteiger partial charge in [-0.15, -0.1) is 0 Å². The lowest BCUT2D eigenvalue weighted by atomic mass is 10.0. The largest absolute Gasteiger partial charge is 0.207 e. The fourth-order valence-corrected chi connectivity index (χ4v) is 1.34. The summed E-state index contributed by atoms with van der Waals surface area (Å²) in [6.45, 7) is 4.09. The first-order valence-corrected chi connectivity index (χ1v) is 4.49. The van der Waals surface area contributed by atoms with Gasteiger partial charge >= 0.3 is 0 Å². The third-order valence-electron chi connectivity index (χ3n) is 2.13. The minimum absolute atomic E-state index is 0.0524. The van der Waals surface area contributed by atoms with Gasteiger partial charge in [-0.05, 0) is 37.0 Å². The van der Waals surface area contributed by atoms with E-state index in [1.165, 1.54) is 6.07 Å². The van der Waals surface area contributed by atoms with Crippen LogP contribution >= 0.6 is 0 Å². The van der Waals surface area contributed by atoms with E-state index in [1.54, 1.807) is 6.07 Å². The molecule has 66 valence electrons. The van der Waals surface area contributed by atoms with Gasteiger partial charge in [-0.25, -0.2) is 4.39 Å². The average molecular weight is 166 g/mol. The summed E-state index contributed by atoms with van der Waals surface area (Å²) >= 11 is 0. The summed E-state index contributed by atoms with van der Waals surface area (Å²) < 4.78 is 13.2. The van der Waals surface area contributed by atoms with Crippen LogP contribution in [0.4, 0.5) is 4.39 Å². The predicted molar refractivity (Wildman–Crippen MR) is 49.7 cm³/mol. The summed E-state index contributed by atoms with van der Waals surface area (Å²) in [7, 11) is 0. The topological polar surface area (TPSA) is 0 Å². The molecule has 0 saturated heterocycles. The molecule has 0 nitrogen and oxygen atoms in total. The quantitative estimate of drug-likeness (QED) is 0.645. The fraction of sp³-hybridized carbons (Fsp3) is 0.455. The first kappa shape index (κ1) is 9.24. The molecule has 0 N–H and O–H groups in total. The van der Waals surface area contributed by atoms with E-state index < -0.39 is 0 Å². The Bertz CT molecular complexity index is 233. The normalized spacial score (nSPS) is 10.2. The van der Waals surface area contributed by atoms with E-state index in [0.29, 0.717) is 0 Å². The number of unbranched alkanes of at least 4 members (excludes halogenated alkanes) is 1. The maximum absolute atomic E-state index is 13.2. The van der Waals surface area contributed by atoms with Gasteiger partial charge in [-0.2, -0.15) is 0 Å². The molecule has 0 unspecified atom stereocenters. The molecule has 0 radical (unpaired) electrons. The van der Waals surface area contributed by atoms with E-state index in [9.17, 15) is 4.39 Å². The van der Waals surface area contributed by atoms with Crippen molar-refractivity contribution in [2.75, 3.05) is 0 Å². The Hall–Kier alpha value is -0.850. The Morgan fingerprint density at radius 1 is 1.33 bits per heavy atom. The molecule has 0 atom stereocenters. The number of aryl methyl sites for hydroxylation is 1. The van der Waals surface area contributed by atoms with Crippen LogP contribution in [-0.2, 0) is 6.42 Å². The van der Waals surface area contributed by atoms with E-state index in [0.717, 1.165) is 30.4 Å². The Morgan fingerprint density at radius 3 is 2.67 bits per heavy atom. The molecule has 1 heteroatoms. The molecule has 0 spiro atoms. The Labute approximate surface area is 73.4 Å². The van der Waals surface area contributed by atoms with Crippen LogP contribution in [0.3, 0.4) is 0 Å². The highest BCUT2D eigenvalue weighted by atomic mass is 19.1. The number of rotatable bonds is 3. The fourth-order valence-electron chi connectivity index (χ4n) is 1.34. The molecular formula is C11H15F. The summed E-state index contributed by atoms with van der Waals surface area (Å²) in [5.41, 5.74) is 1.96. The molecule has 12 heavy (non-hydrogen) atoms. The van der Waals surface area contributed by atoms with E-state index in [4.69, 9.17) is 0 Å². The van der Waals surface area contributed by atoms with Crippen molar-refractivity contribution in [1.82, 2.24) is 0 Å². The van der Waals surface area contributed by atoms with Gasteiger partial charge < -0.3 is 0 Å². The van der Waals surface area contributed by atoms with E-state index in [2.05, 4.69) is 6.92 Å². The van der Waals surface area contributed by atoms with Gasteiger partial charge in [0.1, 0.15) is 5.82 Å². The maximum atomic E-state index is 13.2. The van der Waals surface area contributed by atoms with Gasteiger partial charge in [-0.3, -0.25) is 0 Å². The van der Waals surface area contributed by atoms with E-state index in [-0.39, 0.29) is 5.82 Å². The highest BCUT2D eigenvalue weighted by molar-refractivity contribution is 5.27. The lowest BCUT2D eigenvalue weighted by Crippen LogP contribution is -1.93. The number of benzene rings is 1. The Morgan fingerprint density at radius 2 is 2.08 bits per heavy atom. The number of hydrogen-bond acceptors (Lipinski definition) is 0. The van der Waals surface area contributed by atoms with E-state index >= 15 is 0 Å². The van der Waals surface area contributed by atoms with Crippen molar-refractivity contribution in [2.45, 2.75) is 33.1 Å². The van der Waals surface area contributed by atoms with Crippen molar-refractivity contribution < 1.29 is 4.39 Å².